The van der Waals surface area contributed by atoms with Gasteiger partial charge in [0.25, 0.3) is 0 Å². The molecular weight excluding hydrogens is 212 g/mol. The van der Waals surface area contributed by atoms with Crippen molar-refractivity contribution in [1.82, 2.24) is 10.2 Å². The van der Waals surface area contributed by atoms with Gasteiger partial charge < -0.3 is 10.1 Å². The van der Waals surface area contributed by atoms with E-state index in [-0.39, 0.29) is 0 Å². The van der Waals surface area contributed by atoms with Crippen LogP contribution in [-0.4, -0.2) is 49.8 Å². The van der Waals surface area contributed by atoms with Gasteiger partial charge in [0.15, 0.2) is 0 Å². The summed E-state index contributed by atoms with van der Waals surface area (Å²) in [4.78, 5) is 2.51. The van der Waals surface area contributed by atoms with Gasteiger partial charge in [-0.3, -0.25) is 4.90 Å². The highest BCUT2D eigenvalue weighted by Crippen LogP contribution is 2.07. The normalized spacial score (nSPS) is 19.8. The molecule has 102 valence electrons. The van der Waals surface area contributed by atoms with E-state index in [2.05, 4.69) is 31.0 Å². The summed E-state index contributed by atoms with van der Waals surface area (Å²) in [6.45, 7) is 12.0. The van der Waals surface area contributed by atoms with Crippen LogP contribution in [0.4, 0.5) is 0 Å². The Morgan fingerprint density at radius 1 is 1.12 bits per heavy atom. The fraction of sp³-hybridized carbons (Fsp3) is 1.00. The molecule has 0 aromatic carbocycles. The lowest BCUT2D eigenvalue weighted by Crippen LogP contribution is -2.47. The zero-order chi connectivity index (χ0) is 12.5. The molecule has 1 rings (SSSR count). The van der Waals surface area contributed by atoms with Gasteiger partial charge in [0.2, 0.25) is 0 Å². The van der Waals surface area contributed by atoms with Gasteiger partial charge >= 0.3 is 0 Å². The van der Waals surface area contributed by atoms with Crippen molar-refractivity contribution < 1.29 is 4.74 Å². The molecule has 0 aromatic heterocycles. The molecule has 0 spiro atoms. The van der Waals surface area contributed by atoms with E-state index in [0.29, 0.717) is 12.1 Å². The van der Waals surface area contributed by atoms with E-state index < -0.39 is 0 Å². The van der Waals surface area contributed by atoms with Crippen LogP contribution in [-0.2, 0) is 4.74 Å². The Morgan fingerprint density at radius 2 is 1.71 bits per heavy atom. The molecule has 1 unspecified atom stereocenters. The topological polar surface area (TPSA) is 24.5 Å². The third-order valence-electron chi connectivity index (χ3n) is 3.43. The number of hydrogen-bond acceptors (Lipinski definition) is 3. The molecule has 1 aliphatic heterocycles. The van der Waals surface area contributed by atoms with Gasteiger partial charge in [-0.15, -0.1) is 0 Å². The number of hydrogen-bond donors (Lipinski definition) is 1. The average Bonchev–Trinajstić information content (AvgIpc) is 2.30. The van der Waals surface area contributed by atoms with E-state index >= 15 is 0 Å². The first kappa shape index (κ1) is 14.9. The molecule has 1 aliphatic rings. The summed E-state index contributed by atoms with van der Waals surface area (Å²) in [5.41, 5.74) is 0. The van der Waals surface area contributed by atoms with E-state index in [1.54, 1.807) is 0 Å². The molecule has 1 fully saturated rings. The van der Waals surface area contributed by atoms with Gasteiger partial charge in [0.1, 0.15) is 0 Å². The fourth-order valence-electron chi connectivity index (χ4n) is 2.63. The maximum atomic E-state index is 5.38. The molecule has 1 N–H and O–H groups in total. The molecule has 0 saturated carbocycles. The van der Waals surface area contributed by atoms with Crippen molar-refractivity contribution in [3.8, 4) is 0 Å². The predicted octanol–water partition coefficient (Wildman–Crippen LogP) is 2.27. The van der Waals surface area contributed by atoms with E-state index in [0.717, 1.165) is 32.8 Å². The first-order valence-corrected chi connectivity index (χ1v) is 7.32. The van der Waals surface area contributed by atoms with Crippen molar-refractivity contribution in [2.75, 3.05) is 32.8 Å². The summed E-state index contributed by atoms with van der Waals surface area (Å²) in [5, 5.41) is 3.78. The van der Waals surface area contributed by atoms with Crippen molar-refractivity contribution in [2.24, 2.45) is 0 Å². The van der Waals surface area contributed by atoms with Crippen LogP contribution in [0.15, 0.2) is 0 Å². The van der Waals surface area contributed by atoms with E-state index in [1.807, 2.05) is 0 Å². The van der Waals surface area contributed by atoms with E-state index in [1.165, 1.54) is 25.7 Å². The van der Waals surface area contributed by atoms with Gasteiger partial charge in [-0.25, -0.2) is 0 Å². The number of morpholine rings is 1. The molecule has 0 bridgehead atoms. The molecular formula is C14H30N2O. The van der Waals surface area contributed by atoms with E-state index in [4.69, 9.17) is 4.74 Å². The van der Waals surface area contributed by atoms with Crippen molar-refractivity contribution in [3.63, 3.8) is 0 Å². The molecule has 1 saturated heterocycles. The van der Waals surface area contributed by atoms with Crippen LogP contribution in [0.25, 0.3) is 0 Å². The standard InChI is InChI=1S/C14H30N2O/c1-4-6-14(7-5-2)15-13(3)12-16-8-10-17-11-9-16/h13-15H,4-12H2,1-3H3. The first-order chi connectivity index (χ1) is 8.26. The zero-order valence-corrected chi connectivity index (χ0v) is 11.9. The number of ether oxygens (including phenoxy) is 1. The van der Waals surface area contributed by atoms with Crippen LogP contribution in [0.5, 0.6) is 0 Å². The van der Waals surface area contributed by atoms with Gasteiger partial charge in [0.05, 0.1) is 13.2 Å². The number of nitrogens with zero attached hydrogens (tertiary/aromatic N) is 1. The first-order valence-electron chi connectivity index (χ1n) is 7.32. The van der Waals surface area contributed by atoms with Crippen molar-refractivity contribution in [2.45, 2.75) is 58.5 Å². The maximum Gasteiger partial charge on any atom is 0.0594 e. The maximum absolute atomic E-state index is 5.38. The highest BCUT2D eigenvalue weighted by molar-refractivity contribution is 4.75. The molecule has 17 heavy (non-hydrogen) atoms. The Bertz CT molecular complexity index is 175. The molecule has 3 heteroatoms. The molecule has 0 amide bonds. The Balaban J connectivity index is 2.22. The van der Waals surface area contributed by atoms with Crippen LogP contribution >= 0.6 is 0 Å². The van der Waals surface area contributed by atoms with Crippen LogP contribution in [0.3, 0.4) is 0 Å². The van der Waals surface area contributed by atoms with Crippen molar-refractivity contribution in [1.29, 1.82) is 0 Å². The van der Waals surface area contributed by atoms with Crippen molar-refractivity contribution in [3.05, 3.63) is 0 Å². The third kappa shape index (κ3) is 6.39. The predicted molar refractivity (Wildman–Crippen MR) is 73.5 cm³/mol. The van der Waals surface area contributed by atoms with Crippen LogP contribution in [0, 0.1) is 0 Å². The van der Waals surface area contributed by atoms with E-state index in [9.17, 15) is 0 Å². The molecule has 0 aromatic rings. The highest BCUT2D eigenvalue weighted by atomic mass is 16.5. The number of nitrogens with one attached hydrogen (secondary N) is 1. The summed E-state index contributed by atoms with van der Waals surface area (Å²) in [6.07, 6.45) is 5.17. The lowest BCUT2D eigenvalue weighted by molar-refractivity contribution is 0.0337. The summed E-state index contributed by atoms with van der Waals surface area (Å²) >= 11 is 0. The number of rotatable bonds is 8. The van der Waals surface area contributed by atoms with Crippen molar-refractivity contribution >= 4 is 0 Å². The monoisotopic (exact) mass is 242 g/mol. The second-order valence-electron chi connectivity index (χ2n) is 5.25. The van der Waals surface area contributed by atoms with Crippen LogP contribution in [0.2, 0.25) is 0 Å². The Hall–Kier alpha value is -0.120. The minimum atomic E-state index is 0.594. The fourth-order valence-corrected chi connectivity index (χ4v) is 2.63. The zero-order valence-electron chi connectivity index (χ0n) is 11.9. The minimum Gasteiger partial charge on any atom is -0.379 e. The Kier molecular flexibility index (Phi) is 7.82. The summed E-state index contributed by atoms with van der Waals surface area (Å²) < 4.78 is 5.38. The second-order valence-corrected chi connectivity index (χ2v) is 5.25. The largest absolute Gasteiger partial charge is 0.379 e. The quantitative estimate of drug-likeness (QED) is 0.706. The third-order valence-corrected chi connectivity index (χ3v) is 3.43. The Labute approximate surface area is 107 Å². The lowest BCUT2D eigenvalue weighted by Gasteiger charge is -2.31. The lowest BCUT2D eigenvalue weighted by atomic mass is 10.1. The summed E-state index contributed by atoms with van der Waals surface area (Å²) in [7, 11) is 0. The summed E-state index contributed by atoms with van der Waals surface area (Å²) in [6, 6.07) is 1.30. The van der Waals surface area contributed by atoms with Crippen LogP contribution < -0.4 is 5.32 Å². The molecule has 1 heterocycles. The smallest absolute Gasteiger partial charge is 0.0594 e. The van der Waals surface area contributed by atoms with Gasteiger partial charge in [-0.1, -0.05) is 26.7 Å². The summed E-state index contributed by atoms with van der Waals surface area (Å²) in [5.74, 6) is 0. The second kappa shape index (κ2) is 8.90. The molecule has 0 aliphatic carbocycles. The molecule has 1 atom stereocenters. The molecule has 3 nitrogen and oxygen atoms in total. The molecule has 0 radical (unpaired) electrons. The van der Waals surface area contributed by atoms with Crippen LogP contribution in [0.1, 0.15) is 46.5 Å². The SMILES string of the molecule is CCCC(CCC)NC(C)CN1CCOCC1. The Morgan fingerprint density at radius 3 is 2.24 bits per heavy atom. The minimum absolute atomic E-state index is 0.594. The van der Waals surface area contributed by atoms with Gasteiger partial charge in [-0.05, 0) is 19.8 Å². The highest BCUT2D eigenvalue weighted by Gasteiger charge is 2.15. The average molecular weight is 242 g/mol. The van der Waals surface area contributed by atoms with Gasteiger partial charge in [-0.2, -0.15) is 0 Å². The van der Waals surface area contributed by atoms with Gasteiger partial charge in [0, 0.05) is 31.7 Å².